The van der Waals surface area contributed by atoms with Crippen LogP contribution in [0.2, 0.25) is 0 Å². The maximum atomic E-state index is 10.2. The largest absolute Gasteiger partial charge is 0.507 e. The molecule has 1 aliphatic carbocycles. The SMILES string of the molecule is Nc1nnc(-c2ccccc2O)cc1N1CCCN(c2ccnc(/C=C/C3CC3)n2)CC1. The number of benzene rings is 1. The van der Waals surface area contributed by atoms with Crippen LogP contribution in [-0.4, -0.2) is 51.5 Å². The number of phenolic OH excluding ortho intramolecular Hbond substituents is 1. The molecular formula is C24H27N7O. The van der Waals surface area contributed by atoms with Crippen LogP contribution in [-0.2, 0) is 0 Å². The van der Waals surface area contributed by atoms with Gasteiger partial charge in [0.15, 0.2) is 11.6 Å². The average molecular weight is 430 g/mol. The van der Waals surface area contributed by atoms with Gasteiger partial charge in [0.25, 0.3) is 0 Å². The molecule has 0 amide bonds. The zero-order valence-corrected chi connectivity index (χ0v) is 17.9. The predicted octanol–water partition coefficient (Wildman–Crippen LogP) is 3.36. The Morgan fingerprint density at radius 1 is 1.00 bits per heavy atom. The normalized spacial score (nSPS) is 17.0. The zero-order valence-electron chi connectivity index (χ0n) is 17.9. The molecule has 0 unspecified atom stereocenters. The third kappa shape index (κ3) is 4.49. The van der Waals surface area contributed by atoms with Crippen molar-refractivity contribution in [3.63, 3.8) is 0 Å². The minimum Gasteiger partial charge on any atom is -0.507 e. The summed E-state index contributed by atoms with van der Waals surface area (Å²) in [6, 6.07) is 11.0. The monoisotopic (exact) mass is 429 g/mol. The summed E-state index contributed by atoms with van der Waals surface area (Å²) >= 11 is 0. The Morgan fingerprint density at radius 3 is 2.66 bits per heavy atom. The quantitative estimate of drug-likeness (QED) is 0.636. The molecule has 1 aromatic carbocycles. The van der Waals surface area contributed by atoms with Crippen molar-refractivity contribution in [2.45, 2.75) is 19.3 Å². The molecule has 32 heavy (non-hydrogen) atoms. The van der Waals surface area contributed by atoms with Crippen molar-refractivity contribution < 1.29 is 5.11 Å². The second-order valence-corrected chi connectivity index (χ2v) is 8.31. The van der Waals surface area contributed by atoms with E-state index in [1.807, 2.05) is 36.5 Å². The van der Waals surface area contributed by atoms with Gasteiger partial charge in [-0.15, -0.1) is 10.2 Å². The van der Waals surface area contributed by atoms with Gasteiger partial charge in [-0.2, -0.15) is 0 Å². The number of nitrogens with zero attached hydrogens (tertiary/aromatic N) is 6. The maximum absolute atomic E-state index is 10.2. The van der Waals surface area contributed by atoms with E-state index >= 15 is 0 Å². The number of phenols is 1. The summed E-state index contributed by atoms with van der Waals surface area (Å²) in [4.78, 5) is 13.7. The molecule has 0 atom stereocenters. The van der Waals surface area contributed by atoms with Crippen molar-refractivity contribution in [3.05, 3.63) is 54.5 Å². The number of nitrogen functional groups attached to an aromatic ring is 1. The number of rotatable bonds is 5. The lowest BCUT2D eigenvalue weighted by Gasteiger charge is -2.25. The van der Waals surface area contributed by atoms with Crippen molar-refractivity contribution in [3.8, 4) is 17.0 Å². The van der Waals surface area contributed by atoms with Crippen LogP contribution in [0, 0.1) is 5.92 Å². The predicted molar refractivity (Wildman–Crippen MR) is 126 cm³/mol. The van der Waals surface area contributed by atoms with Crippen molar-refractivity contribution in [1.29, 1.82) is 0 Å². The van der Waals surface area contributed by atoms with Crippen LogP contribution in [0.1, 0.15) is 25.1 Å². The summed E-state index contributed by atoms with van der Waals surface area (Å²) in [6.07, 6.45) is 9.60. The number of hydrogen-bond acceptors (Lipinski definition) is 8. The van der Waals surface area contributed by atoms with Gasteiger partial charge in [0.2, 0.25) is 0 Å². The maximum Gasteiger partial charge on any atom is 0.169 e. The molecule has 2 aliphatic rings. The fraction of sp³-hybridized carbons (Fsp3) is 0.333. The van der Waals surface area contributed by atoms with Gasteiger partial charge in [0.05, 0.1) is 11.4 Å². The van der Waals surface area contributed by atoms with Gasteiger partial charge < -0.3 is 20.6 Å². The van der Waals surface area contributed by atoms with Crippen LogP contribution < -0.4 is 15.5 Å². The van der Waals surface area contributed by atoms with Gasteiger partial charge in [0, 0.05) is 37.9 Å². The molecule has 2 fully saturated rings. The first-order valence-corrected chi connectivity index (χ1v) is 11.1. The van der Waals surface area contributed by atoms with E-state index in [0.29, 0.717) is 23.0 Å². The standard InChI is InChI=1S/C24H27N7O/c25-24-20(16-19(28-29-24)18-4-1-2-5-21(18)32)30-12-3-13-31(15-14-30)23-10-11-26-22(27-23)9-8-17-6-7-17/h1-2,4-5,8-11,16-17,32H,3,6-7,12-15H2,(H2,25,29)/b9-8+. The highest BCUT2D eigenvalue weighted by Gasteiger charge is 2.21. The van der Waals surface area contributed by atoms with E-state index in [1.54, 1.807) is 12.1 Å². The lowest BCUT2D eigenvalue weighted by Crippen LogP contribution is -2.31. The minimum atomic E-state index is 0.176. The summed E-state index contributed by atoms with van der Waals surface area (Å²) in [5, 5.41) is 18.6. The first kappa shape index (κ1) is 20.2. The fourth-order valence-corrected chi connectivity index (χ4v) is 3.98. The number of anilines is 3. The van der Waals surface area contributed by atoms with E-state index in [-0.39, 0.29) is 5.75 Å². The highest BCUT2D eigenvalue weighted by molar-refractivity contribution is 5.74. The molecule has 2 aromatic heterocycles. The first-order chi connectivity index (χ1) is 15.7. The van der Waals surface area contributed by atoms with E-state index in [0.717, 1.165) is 49.9 Å². The summed E-state index contributed by atoms with van der Waals surface area (Å²) in [7, 11) is 0. The van der Waals surface area contributed by atoms with Crippen molar-refractivity contribution in [2.75, 3.05) is 41.7 Å². The number of hydrogen-bond donors (Lipinski definition) is 2. The van der Waals surface area contributed by atoms with E-state index in [1.165, 1.54) is 12.8 Å². The molecule has 0 radical (unpaired) electrons. The summed E-state index contributed by atoms with van der Waals surface area (Å²) in [5.41, 5.74) is 8.29. The minimum absolute atomic E-state index is 0.176. The second kappa shape index (κ2) is 8.82. The molecule has 1 saturated carbocycles. The molecule has 3 N–H and O–H groups in total. The lowest BCUT2D eigenvalue weighted by molar-refractivity contribution is 0.477. The van der Waals surface area contributed by atoms with Crippen LogP contribution in [0.5, 0.6) is 5.75 Å². The molecule has 5 rings (SSSR count). The highest BCUT2D eigenvalue weighted by atomic mass is 16.3. The van der Waals surface area contributed by atoms with Crippen molar-refractivity contribution >= 4 is 23.4 Å². The first-order valence-electron chi connectivity index (χ1n) is 11.1. The molecule has 8 nitrogen and oxygen atoms in total. The smallest absolute Gasteiger partial charge is 0.169 e. The molecule has 0 bridgehead atoms. The van der Waals surface area contributed by atoms with Crippen LogP contribution in [0.15, 0.2) is 48.7 Å². The molecule has 3 aromatic rings. The van der Waals surface area contributed by atoms with Gasteiger partial charge in [-0.05, 0) is 55.5 Å². The fourth-order valence-electron chi connectivity index (χ4n) is 3.98. The van der Waals surface area contributed by atoms with Gasteiger partial charge in [-0.1, -0.05) is 18.2 Å². The Bertz CT molecular complexity index is 1130. The number of para-hydroxylation sites is 1. The lowest BCUT2D eigenvalue weighted by atomic mass is 10.1. The average Bonchev–Trinajstić information content (AvgIpc) is 3.66. The van der Waals surface area contributed by atoms with Gasteiger partial charge in [-0.25, -0.2) is 9.97 Å². The van der Waals surface area contributed by atoms with Gasteiger partial charge in [-0.3, -0.25) is 0 Å². The van der Waals surface area contributed by atoms with Gasteiger partial charge in [0.1, 0.15) is 11.6 Å². The Labute approximate surface area is 187 Å². The molecular weight excluding hydrogens is 402 g/mol. The Hall–Kier alpha value is -3.68. The number of aromatic nitrogens is 4. The Kier molecular flexibility index (Phi) is 5.58. The second-order valence-electron chi connectivity index (χ2n) is 8.31. The number of allylic oxidation sites excluding steroid dienone is 1. The highest BCUT2D eigenvalue weighted by Crippen LogP contribution is 2.32. The summed E-state index contributed by atoms with van der Waals surface area (Å²) in [5.74, 6) is 3.00. The molecule has 164 valence electrons. The summed E-state index contributed by atoms with van der Waals surface area (Å²) < 4.78 is 0. The van der Waals surface area contributed by atoms with Crippen LogP contribution >= 0.6 is 0 Å². The van der Waals surface area contributed by atoms with Gasteiger partial charge >= 0.3 is 0 Å². The topological polar surface area (TPSA) is 104 Å². The molecule has 8 heteroatoms. The third-order valence-corrected chi connectivity index (χ3v) is 5.94. The zero-order chi connectivity index (χ0) is 21.9. The Balaban J connectivity index is 1.33. The molecule has 0 spiro atoms. The van der Waals surface area contributed by atoms with Crippen LogP contribution in [0.4, 0.5) is 17.3 Å². The number of nitrogens with two attached hydrogens (primary N) is 1. The van der Waals surface area contributed by atoms with E-state index in [9.17, 15) is 5.11 Å². The third-order valence-electron chi connectivity index (χ3n) is 5.94. The Morgan fingerprint density at radius 2 is 1.81 bits per heavy atom. The summed E-state index contributed by atoms with van der Waals surface area (Å²) in [6.45, 7) is 3.36. The molecule has 1 saturated heterocycles. The molecule has 1 aliphatic heterocycles. The number of aromatic hydroxyl groups is 1. The van der Waals surface area contributed by atoms with E-state index in [2.05, 4.69) is 31.1 Å². The van der Waals surface area contributed by atoms with Crippen LogP contribution in [0.3, 0.4) is 0 Å². The van der Waals surface area contributed by atoms with Crippen molar-refractivity contribution in [1.82, 2.24) is 20.2 Å². The van der Waals surface area contributed by atoms with Crippen molar-refractivity contribution in [2.24, 2.45) is 5.92 Å². The molecule has 3 heterocycles. The van der Waals surface area contributed by atoms with E-state index < -0.39 is 0 Å². The van der Waals surface area contributed by atoms with Crippen LogP contribution in [0.25, 0.3) is 17.3 Å². The van der Waals surface area contributed by atoms with E-state index in [4.69, 9.17) is 10.7 Å².